The van der Waals surface area contributed by atoms with E-state index in [-0.39, 0.29) is 18.9 Å². The smallest absolute Gasteiger partial charge is 0.328 e. The van der Waals surface area contributed by atoms with E-state index >= 15 is 0 Å². The summed E-state index contributed by atoms with van der Waals surface area (Å²) in [5.74, 6) is -0.149. The molecule has 0 aliphatic rings. The monoisotopic (exact) mass is 337 g/mol. The molecule has 2 N–H and O–H groups in total. The Morgan fingerprint density at radius 2 is 1.92 bits per heavy atom. The van der Waals surface area contributed by atoms with Crippen LogP contribution in [0.5, 0.6) is 0 Å². The molecule has 1 aromatic heterocycles. The molecule has 128 valence electrons. The molecule has 6 heteroatoms. The van der Waals surface area contributed by atoms with Gasteiger partial charge in [0.2, 0.25) is 5.91 Å². The van der Waals surface area contributed by atoms with E-state index in [1.54, 1.807) is 24.3 Å². The molecule has 0 fully saturated rings. The van der Waals surface area contributed by atoms with Crippen LogP contribution >= 0.6 is 0 Å². The molecule has 0 bridgehead atoms. The van der Waals surface area contributed by atoms with Crippen molar-refractivity contribution in [3.05, 3.63) is 80.5 Å². The van der Waals surface area contributed by atoms with Gasteiger partial charge in [-0.1, -0.05) is 42.0 Å². The highest BCUT2D eigenvalue weighted by atomic mass is 16.2. The highest BCUT2D eigenvalue weighted by molar-refractivity contribution is 5.78. The quantitative estimate of drug-likeness (QED) is 0.743. The van der Waals surface area contributed by atoms with Gasteiger partial charge < -0.3 is 5.32 Å². The largest absolute Gasteiger partial charge is 0.352 e. The van der Waals surface area contributed by atoms with Crippen LogP contribution in [0.1, 0.15) is 17.5 Å². The second-order valence-corrected chi connectivity index (χ2v) is 5.94. The Hall–Kier alpha value is -3.15. The van der Waals surface area contributed by atoms with E-state index < -0.39 is 11.2 Å². The van der Waals surface area contributed by atoms with Gasteiger partial charge in [-0.3, -0.25) is 19.1 Å². The van der Waals surface area contributed by atoms with Crippen LogP contribution < -0.4 is 16.6 Å². The van der Waals surface area contributed by atoms with Crippen LogP contribution in [0.25, 0.3) is 10.9 Å². The Morgan fingerprint density at radius 3 is 2.72 bits per heavy atom. The predicted octanol–water partition coefficient (Wildman–Crippen LogP) is 1.70. The van der Waals surface area contributed by atoms with E-state index in [0.29, 0.717) is 17.4 Å². The summed E-state index contributed by atoms with van der Waals surface area (Å²) in [7, 11) is 0. The summed E-state index contributed by atoms with van der Waals surface area (Å²) >= 11 is 0. The number of hydrogen-bond acceptors (Lipinski definition) is 3. The third-order valence-corrected chi connectivity index (χ3v) is 4.04. The zero-order valence-corrected chi connectivity index (χ0v) is 13.9. The van der Waals surface area contributed by atoms with E-state index in [4.69, 9.17) is 0 Å². The molecule has 0 spiro atoms. The summed E-state index contributed by atoms with van der Waals surface area (Å²) in [5.41, 5.74) is 1.77. The zero-order chi connectivity index (χ0) is 17.8. The minimum Gasteiger partial charge on any atom is -0.352 e. The van der Waals surface area contributed by atoms with Crippen molar-refractivity contribution in [2.24, 2.45) is 0 Å². The van der Waals surface area contributed by atoms with Crippen LogP contribution in [0.3, 0.4) is 0 Å². The van der Waals surface area contributed by atoms with Crippen molar-refractivity contribution in [1.82, 2.24) is 14.9 Å². The summed E-state index contributed by atoms with van der Waals surface area (Å²) in [6.45, 7) is 2.65. The predicted molar refractivity (Wildman–Crippen MR) is 96.5 cm³/mol. The van der Waals surface area contributed by atoms with Crippen molar-refractivity contribution in [3.8, 4) is 0 Å². The molecule has 0 aliphatic carbocycles. The number of H-pyrrole nitrogens is 1. The SMILES string of the molecule is Cc1cccc(CNC(=O)CCn2c(=O)[nH]c(=O)c3ccccc32)c1. The van der Waals surface area contributed by atoms with Gasteiger partial charge in [0.25, 0.3) is 5.56 Å². The van der Waals surface area contributed by atoms with Gasteiger partial charge in [0.05, 0.1) is 10.9 Å². The average molecular weight is 337 g/mol. The fraction of sp³-hybridized carbons (Fsp3) is 0.211. The van der Waals surface area contributed by atoms with E-state index in [1.165, 1.54) is 4.57 Å². The summed E-state index contributed by atoms with van der Waals surface area (Å²) in [6.07, 6.45) is 0.155. The first-order chi connectivity index (χ1) is 12.0. The van der Waals surface area contributed by atoms with Gasteiger partial charge in [-0.2, -0.15) is 0 Å². The second-order valence-electron chi connectivity index (χ2n) is 5.94. The molecule has 3 rings (SSSR count). The third kappa shape index (κ3) is 3.85. The normalized spacial score (nSPS) is 10.8. The van der Waals surface area contributed by atoms with Crippen molar-refractivity contribution in [3.63, 3.8) is 0 Å². The fourth-order valence-electron chi connectivity index (χ4n) is 2.79. The highest BCUT2D eigenvalue weighted by Crippen LogP contribution is 2.07. The molecular formula is C19H19N3O3. The Balaban J connectivity index is 1.69. The molecule has 2 aromatic carbocycles. The molecule has 3 aromatic rings. The Bertz CT molecular complexity index is 1030. The summed E-state index contributed by atoms with van der Waals surface area (Å²) < 4.78 is 1.42. The van der Waals surface area contributed by atoms with E-state index in [0.717, 1.165) is 11.1 Å². The number of benzene rings is 2. The number of amides is 1. The lowest BCUT2D eigenvalue weighted by Gasteiger charge is -2.10. The van der Waals surface area contributed by atoms with Gasteiger partial charge in [0.1, 0.15) is 0 Å². The number of carbonyl (C=O) groups is 1. The van der Waals surface area contributed by atoms with Crippen molar-refractivity contribution < 1.29 is 4.79 Å². The number of aromatic nitrogens is 2. The summed E-state index contributed by atoms with van der Waals surface area (Å²) in [4.78, 5) is 38.3. The second kappa shape index (κ2) is 7.17. The molecule has 0 radical (unpaired) electrons. The lowest BCUT2D eigenvalue weighted by atomic mass is 10.1. The van der Waals surface area contributed by atoms with Gasteiger partial charge in [0, 0.05) is 19.5 Å². The van der Waals surface area contributed by atoms with Crippen LogP contribution in [-0.4, -0.2) is 15.5 Å². The maximum absolute atomic E-state index is 12.1. The average Bonchev–Trinajstić information content (AvgIpc) is 2.60. The van der Waals surface area contributed by atoms with Crippen molar-refractivity contribution >= 4 is 16.8 Å². The van der Waals surface area contributed by atoms with E-state index in [1.807, 2.05) is 31.2 Å². The van der Waals surface area contributed by atoms with Crippen LogP contribution in [0, 0.1) is 6.92 Å². The third-order valence-electron chi connectivity index (χ3n) is 4.04. The number of aryl methyl sites for hydroxylation is 2. The Morgan fingerprint density at radius 1 is 1.12 bits per heavy atom. The molecule has 25 heavy (non-hydrogen) atoms. The first kappa shape index (κ1) is 16.7. The standard InChI is InChI=1S/C19H19N3O3/c1-13-5-4-6-14(11-13)12-20-17(23)9-10-22-16-8-3-2-7-15(16)18(24)21-19(22)25/h2-8,11H,9-10,12H2,1H3,(H,20,23)(H,21,24,25). The van der Waals surface area contributed by atoms with E-state index in [2.05, 4.69) is 10.3 Å². The van der Waals surface area contributed by atoms with Gasteiger partial charge in [-0.25, -0.2) is 4.79 Å². The first-order valence-electron chi connectivity index (χ1n) is 8.09. The minimum atomic E-state index is -0.504. The van der Waals surface area contributed by atoms with Gasteiger partial charge in [0.15, 0.2) is 0 Å². The lowest BCUT2D eigenvalue weighted by molar-refractivity contribution is -0.121. The van der Waals surface area contributed by atoms with Crippen LogP contribution in [0.4, 0.5) is 0 Å². The van der Waals surface area contributed by atoms with Gasteiger partial charge in [-0.15, -0.1) is 0 Å². The number of rotatable bonds is 5. The number of nitrogens with zero attached hydrogens (tertiary/aromatic N) is 1. The molecule has 0 atom stereocenters. The molecule has 0 aliphatic heterocycles. The van der Waals surface area contributed by atoms with Crippen LogP contribution in [-0.2, 0) is 17.9 Å². The first-order valence-corrected chi connectivity index (χ1v) is 8.09. The molecular weight excluding hydrogens is 318 g/mol. The Labute approximate surface area is 144 Å². The number of nitrogens with one attached hydrogen (secondary N) is 2. The molecule has 0 unspecified atom stereocenters. The molecule has 1 heterocycles. The summed E-state index contributed by atoms with van der Waals surface area (Å²) in [5, 5.41) is 3.28. The number of hydrogen-bond donors (Lipinski definition) is 2. The van der Waals surface area contributed by atoms with Crippen molar-refractivity contribution in [2.45, 2.75) is 26.4 Å². The fourth-order valence-corrected chi connectivity index (χ4v) is 2.79. The maximum Gasteiger partial charge on any atom is 0.328 e. The maximum atomic E-state index is 12.1. The van der Waals surface area contributed by atoms with Gasteiger partial charge >= 0.3 is 5.69 Å². The van der Waals surface area contributed by atoms with Crippen molar-refractivity contribution in [1.29, 1.82) is 0 Å². The molecule has 6 nitrogen and oxygen atoms in total. The molecule has 0 saturated heterocycles. The Kier molecular flexibility index (Phi) is 4.79. The van der Waals surface area contributed by atoms with E-state index in [9.17, 15) is 14.4 Å². The zero-order valence-electron chi connectivity index (χ0n) is 13.9. The number of para-hydroxylation sites is 1. The van der Waals surface area contributed by atoms with Crippen LogP contribution in [0.15, 0.2) is 58.1 Å². The minimum absolute atomic E-state index is 0.149. The van der Waals surface area contributed by atoms with Gasteiger partial charge in [-0.05, 0) is 24.6 Å². The van der Waals surface area contributed by atoms with Crippen molar-refractivity contribution in [2.75, 3.05) is 0 Å². The number of aromatic amines is 1. The lowest BCUT2D eigenvalue weighted by Crippen LogP contribution is -2.32. The number of fused-ring (bicyclic) bond motifs is 1. The topological polar surface area (TPSA) is 84.0 Å². The molecule has 1 amide bonds. The molecule has 0 saturated carbocycles. The summed E-state index contributed by atoms with van der Waals surface area (Å²) in [6, 6.07) is 14.8. The highest BCUT2D eigenvalue weighted by Gasteiger charge is 2.09. The van der Waals surface area contributed by atoms with Crippen LogP contribution in [0.2, 0.25) is 0 Å². The number of carbonyl (C=O) groups excluding carboxylic acids is 1.